The van der Waals surface area contributed by atoms with Crippen molar-refractivity contribution in [1.82, 2.24) is 9.99 Å². The van der Waals surface area contributed by atoms with Crippen molar-refractivity contribution in [2.45, 2.75) is 4.90 Å². The molecule has 0 saturated carbocycles. The number of benzene rings is 2. The number of halogens is 2. The van der Waals surface area contributed by atoms with E-state index in [0.717, 1.165) is 15.8 Å². The predicted octanol–water partition coefficient (Wildman–Crippen LogP) is 4.09. The number of thioether (sulfide) groups is 1. The summed E-state index contributed by atoms with van der Waals surface area (Å²) >= 11 is 13.4. The minimum Gasteiger partial charge on any atom is -0.311 e. The van der Waals surface area contributed by atoms with Gasteiger partial charge >= 0.3 is 0 Å². The molecule has 2 aromatic carbocycles. The first-order valence-electron chi connectivity index (χ1n) is 7.95. The molecule has 0 unspecified atom stereocenters. The van der Waals surface area contributed by atoms with Gasteiger partial charge in [0, 0.05) is 29.0 Å². The largest absolute Gasteiger partial charge is 0.311 e. The van der Waals surface area contributed by atoms with E-state index in [4.69, 9.17) is 23.2 Å². The molecule has 0 atom stereocenters. The maximum absolute atomic E-state index is 12.1. The number of fused-ring (bicyclic) bond motifs is 1. The van der Waals surface area contributed by atoms with Crippen LogP contribution in [0.15, 0.2) is 63.3 Å². The SMILES string of the molecule is Cn1c(=O)cc(SCC(=O)N/N=C/c2c(Cl)cccc2Cl)c2ccccc21. The fourth-order valence-electron chi connectivity index (χ4n) is 2.48. The molecule has 3 rings (SSSR count). The Morgan fingerprint density at radius 1 is 1.19 bits per heavy atom. The molecular weight excluding hydrogens is 405 g/mol. The predicted molar refractivity (Wildman–Crippen MR) is 112 cm³/mol. The topological polar surface area (TPSA) is 63.5 Å². The monoisotopic (exact) mass is 419 g/mol. The number of carbonyl (C=O) groups excluding carboxylic acids is 1. The first-order valence-corrected chi connectivity index (χ1v) is 9.69. The van der Waals surface area contributed by atoms with Gasteiger partial charge in [0.05, 0.1) is 27.5 Å². The Bertz CT molecular complexity index is 1080. The summed E-state index contributed by atoms with van der Waals surface area (Å²) in [4.78, 5) is 24.9. The molecule has 0 aliphatic heterocycles. The van der Waals surface area contributed by atoms with Gasteiger partial charge in [0.2, 0.25) is 5.91 Å². The van der Waals surface area contributed by atoms with Gasteiger partial charge in [-0.15, -0.1) is 11.8 Å². The van der Waals surface area contributed by atoms with Crippen LogP contribution in [0, 0.1) is 0 Å². The average Bonchev–Trinajstić information content (AvgIpc) is 2.66. The van der Waals surface area contributed by atoms with Crippen LogP contribution in [0.1, 0.15) is 5.56 Å². The Balaban J connectivity index is 1.68. The summed E-state index contributed by atoms with van der Waals surface area (Å²) in [7, 11) is 1.72. The van der Waals surface area contributed by atoms with E-state index >= 15 is 0 Å². The first-order chi connectivity index (χ1) is 13.0. The van der Waals surface area contributed by atoms with E-state index in [1.54, 1.807) is 29.8 Å². The second-order valence-electron chi connectivity index (χ2n) is 5.64. The van der Waals surface area contributed by atoms with E-state index in [1.165, 1.54) is 24.0 Å². The molecule has 0 spiro atoms. The molecule has 0 aliphatic carbocycles. The molecule has 0 fully saturated rings. The molecule has 0 aliphatic rings. The van der Waals surface area contributed by atoms with Gasteiger partial charge in [0.15, 0.2) is 0 Å². The van der Waals surface area contributed by atoms with Crippen LogP contribution in [-0.4, -0.2) is 22.4 Å². The van der Waals surface area contributed by atoms with Crippen LogP contribution in [0.4, 0.5) is 0 Å². The molecular formula is C19H15Cl2N3O2S. The fraction of sp³-hybridized carbons (Fsp3) is 0.105. The summed E-state index contributed by atoms with van der Waals surface area (Å²) in [6, 6.07) is 14.2. The maximum atomic E-state index is 12.1. The lowest BCUT2D eigenvalue weighted by Crippen LogP contribution is -2.20. The van der Waals surface area contributed by atoms with E-state index in [9.17, 15) is 9.59 Å². The number of rotatable bonds is 5. The van der Waals surface area contributed by atoms with Gasteiger partial charge in [0.1, 0.15) is 0 Å². The number of nitrogens with one attached hydrogen (secondary N) is 1. The maximum Gasteiger partial charge on any atom is 0.251 e. The number of para-hydroxylation sites is 1. The lowest BCUT2D eigenvalue weighted by Gasteiger charge is -2.09. The Morgan fingerprint density at radius 2 is 1.89 bits per heavy atom. The number of hydrazone groups is 1. The summed E-state index contributed by atoms with van der Waals surface area (Å²) < 4.78 is 1.58. The van der Waals surface area contributed by atoms with Crippen molar-refractivity contribution in [2.75, 3.05) is 5.75 Å². The highest BCUT2D eigenvalue weighted by Gasteiger charge is 2.09. The van der Waals surface area contributed by atoms with E-state index in [0.29, 0.717) is 15.6 Å². The number of hydrogen-bond donors (Lipinski definition) is 1. The summed E-state index contributed by atoms with van der Waals surface area (Å²) in [6.45, 7) is 0. The molecule has 1 heterocycles. The highest BCUT2D eigenvalue weighted by Crippen LogP contribution is 2.26. The normalized spacial score (nSPS) is 11.2. The zero-order valence-corrected chi connectivity index (χ0v) is 16.6. The highest BCUT2D eigenvalue weighted by molar-refractivity contribution is 8.00. The molecule has 1 amide bonds. The number of nitrogens with zero attached hydrogens (tertiary/aromatic N) is 2. The van der Waals surface area contributed by atoms with Crippen LogP contribution in [0.25, 0.3) is 10.9 Å². The molecule has 138 valence electrons. The number of pyridine rings is 1. The molecule has 1 aromatic heterocycles. The molecule has 1 N–H and O–H groups in total. The van der Waals surface area contributed by atoms with Gasteiger partial charge in [-0.3, -0.25) is 9.59 Å². The third-order valence-electron chi connectivity index (χ3n) is 3.86. The Kier molecular flexibility index (Phi) is 6.21. The van der Waals surface area contributed by atoms with Crippen molar-refractivity contribution in [2.24, 2.45) is 12.1 Å². The van der Waals surface area contributed by atoms with Crippen molar-refractivity contribution in [3.63, 3.8) is 0 Å². The van der Waals surface area contributed by atoms with Crippen molar-refractivity contribution in [3.05, 3.63) is 74.5 Å². The summed E-state index contributed by atoms with van der Waals surface area (Å²) in [5.74, 6) is -0.186. The smallest absolute Gasteiger partial charge is 0.251 e. The second-order valence-corrected chi connectivity index (χ2v) is 7.47. The zero-order valence-electron chi connectivity index (χ0n) is 14.3. The third kappa shape index (κ3) is 4.53. The van der Waals surface area contributed by atoms with Gasteiger partial charge < -0.3 is 4.57 Å². The van der Waals surface area contributed by atoms with Crippen LogP contribution < -0.4 is 11.0 Å². The molecule has 5 nitrogen and oxygen atoms in total. The summed E-state index contributed by atoms with van der Waals surface area (Å²) in [6.07, 6.45) is 1.40. The first kappa shape index (κ1) is 19.5. The van der Waals surface area contributed by atoms with Crippen molar-refractivity contribution in [3.8, 4) is 0 Å². The number of amides is 1. The van der Waals surface area contributed by atoms with Crippen LogP contribution in [0.3, 0.4) is 0 Å². The number of hydrogen-bond acceptors (Lipinski definition) is 4. The molecule has 3 aromatic rings. The summed E-state index contributed by atoms with van der Waals surface area (Å²) in [5.41, 5.74) is 3.67. The second kappa shape index (κ2) is 8.61. The van der Waals surface area contributed by atoms with Gasteiger partial charge in [0.25, 0.3) is 5.56 Å². The van der Waals surface area contributed by atoms with Crippen molar-refractivity contribution in [1.29, 1.82) is 0 Å². The summed E-state index contributed by atoms with van der Waals surface area (Å²) in [5, 5.41) is 5.71. The van der Waals surface area contributed by atoms with Crippen LogP contribution in [-0.2, 0) is 11.8 Å². The van der Waals surface area contributed by atoms with Crippen LogP contribution >= 0.6 is 35.0 Å². The van der Waals surface area contributed by atoms with Crippen molar-refractivity contribution < 1.29 is 4.79 Å². The van der Waals surface area contributed by atoms with E-state index < -0.39 is 0 Å². The molecule has 0 saturated heterocycles. The number of aryl methyl sites for hydroxylation is 1. The minimum absolute atomic E-state index is 0.116. The quantitative estimate of drug-likeness (QED) is 0.384. The van der Waals surface area contributed by atoms with Gasteiger partial charge in [-0.25, -0.2) is 5.43 Å². The molecule has 0 radical (unpaired) electrons. The third-order valence-corrected chi connectivity index (χ3v) is 5.57. The van der Waals surface area contributed by atoms with Gasteiger partial charge in [-0.05, 0) is 18.2 Å². The molecule has 27 heavy (non-hydrogen) atoms. The number of aromatic nitrogens is 1. The lowest BCUT2D eigenvalue weighted by molar-refractivity contribution is -0.118. The highest BCUT2D eigenvalue weighted by atomic mass is 35.5. The fourth-order valence-corrected chi connectivity index (χ4v) is 3.84. The number of carbonyl (C=O) groups is 1. The van der Waals surface area contributed by atoms with Crippen molar-refractivity contribution >= 4 is 58.0 Å². The molecule has 8 heteroatoms. The Labute approximate surface area is 170 Å². The minimum atomic E-state index is -0.302. The average molecular weight is 420 g/mol. The van der Waals surface area contributed by atoms with E-state index in [2.05, 4.69) is 10.5 Å². The van der Waals surface area contributed by atoms with E-state index in [1.807, 2.05) is 24.3 Å². The zero-order chi connectivity index (χ0) is 19.4. The lowest BCUT2D eigenvalue weighted by atomic mass is 10.2. The van der Waals surface area contributed by atoms with Gasteiger partial charge in [-0.2, -0.15) is 5.10 Å². The van der Waals surface area contributed by atoms with Crippen LogP contribution in [0.2, 0.25) is 10.0 Å². The van der Waals surface area contributed by atoms with Crippen LogP contribution in [0.5, 0.6) is 0 Å². The molecule has 0 bridgehead atoms. The standard InChI is InChI=1S/C19H15Cl2N3O2S/c1-24-16-8-3-2-5-12(16)17(9-19(24)26)27-11-18(25)23-22-10-13-14(20)6-4-7-15(13)21/h2-10H,11H2,1H3,(H,23,25)/b22-10+. The van der Waals surface area contributed by atoms with Gasteiger partial charge in [-0.1, -0.05) is 47.5 Å². The Morgan fingerprint density at radius 3 is 2.63 bits per heavy atom. The van der Waals surface area contributed by atoms with E-state index in [-0.39, 0.29) is 17.2 Å². The Hall–Kier alpha value is -2.28.